The zero-order chi connectivity index (χ0) is 13.2. The summed E-state index contributed by atoms with van der Waals surface area (Å²) in [5, 5.41) is 1.01. The summed E-state index contributed by atoms with van der Waals surface area (Å²) in [5.74, 6) is 0.160. The van der Waals surface area contributed by atoms with Crippen molar-refractivity contribution in [3.8, 4) is 0 Å². The highest BCUT2D eigenvalue weighted by Crippen LogP contribution is 2.22. The van der Waals surface area contributed by atoms with Gasteiger partial charge in [0.2, 0.25) is 0 Å². The van der Waals surface area contributed by atoms with Gasteiger partial charge in [-0.3, -0.25) is 14.4 Å². The van der Waals surface area contributed by atoms with Crippen LogP contribution in [0.5, 0.6) is 0 Å². The van der Waals surface area contributed by atoms with Crippen molar-refractivity contribution in [2.45, 2.75) is 51.0 Å². The molecule has 106 valence electrons. The molecule has 5 nitrogen and oxygen atoms in total. The number of carbonyl (C=O) groups is 2. The fourth-order valence-corrected chi connectivity index (χ4v) is 3.85. The number of nitrogens with zero attached hydrogens (tertiary/aromatic N) is 1. The Morgan fingerprint density at radius 1 is 1.05 bits per heavy atom. The van der Waals surface area contributed by atoms with Crippen molar-refractivity contribution in [2.24, 2.45) is 5.92 Å². The number of hydrogen-bond donors (Lipinski definition) is 1. The van der Waals surface area contributed by atoms with Crippen LogP contribution in [-0.4, -0.2) is 42.6 Å². The Labute approximate surface area is 113 Å². The van der Waals surface area contributed by atoms with Crippen LogP contribution < -0.4 is 4.90 Å². The highest BCUT2D eigenvalue weighted by atomic mass is 16.7. The summed E-state index contributed by atoms with van der Waals surface area (Å²) in [7, 11) is 0. The van der Waals surface area contributed by atoms with Crippen LogP contribution in [0.2, 0.25) is 0 Å². The summed E-state index contributed by atoms with van der Waals surface area (Å²) in [6.07, 6.45) is 6.95. The third-order valence-corrected chi connectivity index (χ3v) is 4.85. The summed E-state index contributed by atoms with van der Waals surface area (Å²) < 4.78 is 0. The molecule has 19 heavy (non-hydrogen) atoms. The fraction of sp³-hybridized carbons (Fsp3) is 0.857. The molecule has 1 N–H and O–H groups in total. The zero-order valence-corrected chi connectivity index (χ0v) is 11.4. The Morgan fingerprint density at radius 2 is 1.79 bits per heavy atom. The van der Waals surface area contributed by atoms with Crippen molar-refractivity contribution in [1.29, 1.82) is 0 Å². The van der Waals surface area contributed by atoms with Crippen molar-refractivity contribution in [2.75, 3.05) is 19.7 Å². The van der Waals surface area contributed by atoms with Crippen molar-refractivity contribution in [1.82, 2.24) is 5.06 Å². The number of carbonyl (C=O) groups excluding carboxylic acids is 2. The molecule has 5 heteroatoms. The summed E-state index contributed by atoms with van der Waals surface area (Å²) >= 11 is 0. The first kappa shape index (κ1) is 13.1. The van der Waals surface area contributed by atoms with Crippen LogP contribution in [0, 0.1) is 5.92 Å². The van der Waals surface area contributed by atoms with Crippen molar-refractivity contribution in [3.63, 3.8) is 0 Å². The van der Waals surface area contributed by atoms with Gasteiger partial charge in [-0.15, -0.1) is 0 Å². The Kier molecular flexibility index (Phi) is 3.84. The van der Waals surface area contributed by atoms with E-state index in [1.165, 1.54) is 45.2 Å². The van der Waals surface area contributed by atoms with E-state index in [9.17, 15) is 9.59 Å². The Hall–Kier alpha value is -0.940. The molecule has 3 heterocycles. The molecular weight excluding hydrogens is 244 g/mol. The molecule has 3 rings (SSSR count). The molecule has 0 bridgehead atoms. The molecule has 0 radical (unpaired) electrons. The number of piperidine rings is 2. The number of nitrogens with one attached hydrogen (secondary N) is 1. The average Bonchev–Trinajstić information content (AvgIpc) is 2.76. The lowest BCUT2D eigenvalue weighted by Gasteiger charge is -2.41. The van der Waals surface area contributed by atoms with E-state index in [1.807, 2.05) is 0 Å². The Balaban J connectivity index is 1.56. The number of hydroxylamine groups is 2. The molecular formula is C14H23N2O3+. The lowest BCUT2D eigenvalue weighted by atomic mass is 9.84. The summed E-state index contributed by atoms with van der Waals surface area (Å²) in [5.41, 5.74) is 0. The fourth-order valence-electron chi connectivity index (χ4n) is 3.85. The van der Waals surface area contributed by atoms with Gasteiger partial charge in [0.25, 0.3) is 11.8 Å². The van der Waals surface area contributed by atoms with Crippen molar-refractivity contribution in [3.05, 3.63) is 0 Å². The molecule has 2 amide bonds. The molecule has 1 unspecified atom stereocenters. The van der Waals surface area contributed by atoms with Crippen LogP contribution in [0.3, 0.4) is 0 Å². The van der Waals surface area contributed by atoms with Crippen LogP contribution in [-0.2, 0) is 14.4 Å². The van der Waals surface area contributed by atoms with Crippen LogP contribution in [0.15, 0.2) is 0 Å². The van der Waals surface area contributed by atoms with Gasteiger partial charge >= 0.3 is 0 Å². The van der Waals surface area contributed by atoms with Crippen molar-refractivity contribution < 1.29 is 19.3 Å². The van der Waals surface area contributed by atoms with E-state index in [0.717, 1.165) is 5.06 Å². The maximum atomic E-state index is 11.5. The van der Waals surface area contributed by atoms with Crippen LogP contribution in [0.4, 0.5) is 0 Å². The van der Waals surface area contributed by atoms with E-state index in [4.69, 9.17) is 4.84 Å². The molecule has 0 aromatic heterocycles. The minimum atomic E-state index is -0.173. The number of imide groups is 1. The third kappa shape index (κ3) is 2.67. The topological polar surface area (TPSA) is 51.0 Å². The number of quaternary nitrogens is 1. The lowest BCUT2D eigenvalue weighted by Crippen LogP contribution is -3.18. The van der Waals surface area contributed by atoms with Gasteiger partial charge in [-0.2, -0.15) is 5.06 Å². The second-order valence-electron chi connectivity index (χ2n) is 6.04. The molecule has 0 aromatic carbocycles. The Morgan fingerprint density at radius 3 is 2.58 bits per heavy atom. The minimum absolute atomic E-state index is 0.173. The minimum Gasteiger partial charge on any atom is -0.332 e. The summed E-state index contributed by atoms with van der Waals surface area (Å²) in [6.45, 7) is 3.09. The van der Waals surface area contributed by atoms with Gasteiger partial charge in [-0.1, -0.05) is 0 Å². The number of amides is 2. The van der Waals surface area contributed by atoms with E-state index in [0.29, 0.717) is 31.4 Å². The van der Waals surface area contributed by atoms with E-state index >= 15 is 0 Å². The van der Waals surface area contributed by atoms with Crippen LogP contribution >= 0.6 is 0 Å². The first-order chi connectivity index (χ1) is 9.25. The van der Waals surface area contributed by atoms with Gasteiger partial charge in [0.15, 0.2) is 0 Å². The number of rotatable bonds is 3. The van der Waals surface area contributed by atoms with Gasteiger partial charge in [-0.25, -0.2) is 0 Å². The van der Waals surface area contributed by atoms with Gasteiger partial charge in [-0.05, 0) is 32.1 Å². The molecule has 3 saturated heterocycles. The standard InChI is InChI=1S/C14H22N2O3/c17-13-6-7-14(18)16(13)19-10-11-4-3-9-15-8-2-1-5-12(11)15/h11-12H,1-10H2/p+1/t11-,12+/m1/s1. The predicted octanol–water partition coefficient (Wildman–Crippen LogP) is -0.0856. The molecule has 0 saturated carbocycles. The van der Waals surface area contributed by atoms with Crippen LogP contribution in [0.1, 0.15) is 44.9 Å². The first-order valence-corrected chi connectivity index (χ1v) is 7.59. The SMILES string of the molecule is O=C1CCC(=O)N1OC[C@H]1CCC[NH+]2CCCC[C@@H]12. The maximum Gasteiger partial charge on any atom is 0.253 e. The maximum absolute atomic E-state index is 11.5. The third-order valence-electron chi connectivity index (χ3n) is 4.85. The highest BCUT2D eigenvalue weighted by Gasteiger charge is 2.38. The Bertz CT molecular complexity index is 354. The summed E-state index contributed by atoms with van der Waals surface area (Å²) in [4.78, 5) is 30.3. The van der Waals surface area contributed by atoms with E-state index < -0.39 is 0 Å². The first-order valence-electron chi connectivity index (χ1n) is 7.59. The second-order valence-corrected chi connectivity index (χ2v) is 6.04. The number of fused-ring (bicyclic) bond motifs is 1. The molecule has 0 spiro atoms. The van der Waals surface area contributed by atoms with Gasteiger partial charge in [0.05, 0.1) is 25.7 Å². The largest absolute Gasteiger partial charge is 0.332 e. The average molecular weight is 267 g/mol. The smallest absolute Gasteiger partial charge is 0.253 e. The molecule has 3 aliphatic rings. The van der Waals surface area contributed by atoms with Gasteiger partial charge < -0.3 is 4.90 Å². The zero-order valence-electron chi connectivity index (χ0n) is 11.4. The quantitative estimate of drug-likeness (QED) is 0.727. The molecule has 0 aliphatic carbocycles. The van der Waals surface area contributed by atoms with E-state index in [2.05, 4.69) is 0 Å². The monoisotopic (exact) mass is 267 g/mol. The lowest BCUT2D eigenvalue weighted by molar-refractivity contribution is -0.940. The van der Waals surface area contributed by atoms with Gasteiger partial charge in [0.1, 0.15) is 0 Å². The molecule has 3 fully saturated rings. The molecule has 3 aliphatic heterocycles. The van der Waals surface area contributed by atoms with E-state index in [1.54, 1.807) is 4.90 Å². The van der Waals surface area contributed by atoms with Crippen molar-refractivity contribution >= 4 is 11.8 Å². The van der Waals surface area contributed by atoms with Crippen LogP contribution in [0.25, 0.3) is 0 Å². The predicted molar refractivity (Wildman–Crippen MR) is 68.1 cm³/mol. The summed E-state index contributed by atoms with van der Waals surface area (Å²) in [6, 6.07) is 0.676. The second kappa shape index (κ2) is 5.59. The van der Waals surface area contributed by atoms with Gasteiger partial charge in [0, 0.05) is 18.8 Å². The van der Waals surface area contributed by atoms with E-state index in [-0.39, 0.29) is 11.8 Å². The normalized spacial score (nSPS) is 35.6. The molecule has 3 atom stereocenters. The molecule has 0 aromatic rings. The highest BCUT2D eigenvalue weighted by molar-refractivity contribution is 6.00. The number of hydrogen-bond acceptors (Lipinski definition) is 3.